The fourth-order valence-corrected chi connectivity index (χ4v) is 1.96. The van der Waals surface area contributed by atoms with Crippen LogP contribution in [0.15, 0.2) is 24.3 Å². The third-order valence-corrected chi connectivity index (χ3v) is 3.14. The standard InChI is InChI=1S/C16H28N2O/c1-5-11-17-16(6-2)14-7-9-15(10-8-14)19-13-12-18(3)4/h7-10,16-17H,5-6,11-13H2,1-4H3. The highest BCUT2D eigenvalue weighted by atomic mass is 16.5. The van der Waals surface area contributed by atoms with Crippen molar-refractivity contribution >= 4 is 0 Å². The van der Waals surface area contributed by atoms with Crippen LogP contribution in [-0.2, 0) is 0 Å². The lowest BCUT2D eigenvalue weighted by Crippen LogP contribution is -2.21. The van der Waals surface area contributed by atoms with Crippen molar-refractivity contribution in [2.24, 2.45) is 0 Å². The summed E-state index contributed by atoms with van der Waals surface area (Å²) in [6.45, 7) is 7.16. The highest BCUT2D eigenvalue weighted by Crippen LogP contribution is 2.20. The van der Waals surface area contributed by atoms with Crippen LogP contribution in [0, 0.1) is 0 Å². The van der Waals surface area contributed by atoms with Gasteiger partial charge in [-0.05, 0) is 51.2 Å². The van der Waals surface area contributed by atoms with Gasteiger partial charge in [-0.25, -0.2) is 0 Å². The molecule has 0 spiro atoms. The summed E-state index contributed by atoms with van der Waals surface area (Å²) in [4.78, 5) is 2.12. The zero-order chi connectivity index (χ0) is 14.1. The van der Waals surface area contributed by atoms with Gasteiger partial charge in [0.05, 0.1) is 0 Å². The topological polar surface area (TPSA) is 24.5 Å². The molecule has 0 radical (unpaired) electrons. The quantitative estimate of drug-likeness (QED) is 0.742. The normalized spacial score (nSPS) is 12.7. The Morgan fingerprint density at radius 1 is 1.16 bits per heavy atom. The van der Waals surface area contributed by atoms with Crippen molar-refractivity contribution in [3.8, 4) is 5.75 Å². The van der Waals surface area contributed by atoms with Crippen molar-refractivity contribution in [1.82, 2.24) is 10.2 Å². The first-order chi connectivity index (χ1) is 9.17. The van der Waals surface area contributed by atoms with Crippen molar-refractivity contribution in [3.05, 3.63) is 29.8 Å². The van der Waals surface area contributed by atoms with E-state index in [1.54, 1.807) is 0 Å². The fraction of sp³-hybridized carbons (Fsp3) is 0.625. The number of likely N-dealkylation sites (N-methyl/N-ethyl adjacent to an activating group) is 1. The molecule has 0 heterocycles. The van der Waals surface area contributed by atoms with Gasteiger partial charge in [0, 0.05) is 12.6 Å². The van der Waals surface area contributed by atoms with Crippen molar-refractivity contribution in [2.45, 2.75) is 32.7 Å². The number of rotatable bonds is 9. The average molecular weight is 264 g/mol. The largest absolute Gasteiger partial charge is 0.492 e. The summed E-state index contributed by atoms with van der Waals surface area (Å²) in [6, 6.07) is 8.93. The van der Waals surface area contributed by atoms with Crippen LogP contribution in [0.2, 0.25) is 0 Å². The van der Waals surface area contributed by atoms with E-state index in [4.69, 9.17) is 4.74 Å². The molecule has 3 heteroatoms. The average Bonchev–Trinajstić information content (AvgIpc) is 2.41. The Bertz CT molecular complexity index is 335. The molecule has 108 valence electrons. The maximum atomic E-state index is 5.70. The van der Waals surface area contributed by atoms with E-state index in [2.05, 4.69) is 62.4 Å². The monoisotopic (exact) mass is 264 g/mol. The summed E-state index contributed by atoms with van der Waals surface area (Å²) in [5.41, 5.74) is 1.34. The minimum atomic E-state index is 0.454. The van der Waals surface area contributed by atoms with Crippen LogP contribution in [0.1, 0.15) is 38.3 Å². The lowest BCUT2D eigenvalue weighted by atomic mass is 10.0. The third-order valence-electron chi connectivity index (χ3n) is 3.14. The van der Waals surface area contributed by atoms with Crippen LogP contribution in [0.4, 0.5) is 0 Å². The lowest BCUT2D eigenvalue weighted by molar-refractivity contribution is 0.261. The molecular formula is C16H28N2O. The molecule has 0 aliphatic heterocycles. The summed E-state index contributed by atoms with van der Waals surface area (Å²) in [6.07, 6.45) is 2.28. The smallest absolute Gasteiger partial charge is 0.119 e. The van der Waals surface area contributed by atoms with E-state index < -0.39 is 0 Å². The van der Waals surface area contributed by atoms with Crippen LogP contribution >= 0.6 is 0 Å². The molecule has 19 heavy (non-hydrogen) atoms. The number of hydrogen-bond acceptors (Lipinski definition) is 3. The van der Waals surface area contributed by atoms with Gasteiger partial charge in [-0.2, -0.15) is 0 Å². The molecule has 0 saturated carbocycles. The first-order valence-corrected chi connectivity index (χ1v) is 7.28. The van der Waals surface area contributed by atoms with Crippen LogP contribution < -0.4 is 10.1 Å². The summed E-state index contributed by atoms with van der Waals surface area (Å²) in [5.74, 6) is 0.955. The van der Waals surface area contributed by atoms with Gasteiger partial charge in [0.25, 0.3) is 0 Å². The van der Waals surface area contributed by atoms with Crippen molar-refractivity contribution in [1.29, 1.82) is 0 Å². The van der Waals surface area contributed by atoms with Crippen molar-refractivity contribution < 1.29 is 4.74 Å². The first-order valence-electron chi connectivity index (χ1n) is 7.28. The van der Waals surface area contributed by atoms with Gasteiger partial charge >= 0.3 is 0 Å². The van der Waals surface area contributed by atoms with E-state index in [1.165, 1.54) is 12.0 Å². The number of nitrogens with one attached hydrogen (secondary N) is 1. The van der Waals surface area contributed by atoms with E-state index in [1.807, 2.05) is 0 Å². The summed E-state index contributed by atoms with van der Waals surface area (Å²) in [5, 5.41) is 3.57. The Morgan fingerprint density at radius 3 is 2.37 bits per heavy atom. The molecule has 1 aromatic rings. The van der Waals surface area contributed by atoms with Gasteiger partial charge < -0.3 is 15.0 Å². The molecule has 1 aromatic carbocycles. The van der Waals surface area contributed by atoms with E-state index in [0.29, 0.717) is 6.04 Å². The summed E-state index contributed by atoms with van der Waals surface area (Å²) < 4.78 is 5.70. The molecule has 0 amide bonds. The molecule has 0 aliphatic rings. The molecule has 0 fully saturated rings. The molecule has 1 N–H and O–H groups in total. The van der Waals surface area contributed by atoms with Gasteiger partial charge in [-0.3, -0.25) is 0 Å². The first kappa shape index (κ1) is 16.0. The Kier molecular flexibility index (Phi) is 7.53. The number of nitrogens with zero attached hydrogens (tertiary/aromatic N) is 1. The minimum Gasteiger partial charge on any atom is -0.492 e. The second-order valence-corrected chi connectivity index (χ2v) is 5.14. The van der Waals surface area contributed by atoms with E-state index in [-0.39, 0.29) is 0 Å². The predicted molar refractivity (Wildman–Crippen MR) is 81.8 cm³/mol. The molecule has 1 unspecified atom stereocenters. The Morgan fingerprint density at radius 2 is 1.84 bits per heavy atom. The molecular weight excluding hydrogens is 236 g/mol. The zero-order valence-electron chi connectivity index (χ0n) is 12.8. The van der Waals surface area contributed by atoms with Gasteiger partial charge in [-0.15, -0.1) is 0 Å². The van der Waals surface area contributed by atoms with Gasteiger partial charge in [0.1, 0.15) is 12.4 Å². The fourth-order valence-electron chi connectivity index (χ4n) is 1.96. The van der Waals surface area contributed by atoms with Crippen LogP contribution in [0.25, 0.3) is 0 Å². The second kappa shape index (κ2) is 8.94. The SMILES string of the molecule is CCCNC(CC)c1ccc(OCCN(C)C)cc1. The molecule has 3 nitrogen and oxygen atoms in total. The lowest BCUT2D eigenvalue weighted by Gasteiger charge is -2.17. The van der Waals surface area contributed by atoms with Gasteiger partial charge in [0.15, 0.2) is 0 Å². The third kappa shape index (κ3) is 6.08. The maximum Gasteiger partial charge on any atom is 0.119 e. The number of benzene rings is 1. The molecule has 0 aromatic heterocycles. The van der Waals surface area contributed by atoms with Crippen molar-refractivity contribution in [3.63, 3.8) is 0 Å². The predicted octanol–water partition coefficient (Wildman–Crippen LogP) is 3.08. The molecule has 0 bridgehead atoms. The van der Waals surface area contributed by atoms with Gasteiger partial charge in [0.2, 0.25) is 0 Å². The Hall–Kier alpha value is -1.06. The Balaban J connectivity index is 2.49. The highest BCUT2D eigenvalue weighted by molar-refractivity contribution is 5.29. The van der Waals surface area contributed by atoms with Crippen molar-refractivity contribution in [2.75, 3.05) is 33.8 Å². The number of ether oxygens (including phenoxy) is 1. The van der Waals surface area contributed by atoms with E-state index >= 15 is 0 Å². The number of hydrogen-bond donors (Lipinski definition) is 1. The van der Waals surface area contributed by atoms with Crippen LogP contribution in [0.5, 0.6) is 5.75 Å². The summed E-state index contributed by atoms with van der Waals surface area (Å²) in [7, 11) is 4.11. The minimum absolute atomic E-state index is 0.454. The molecule has 1 rings (SSSR count). The van der Waals surface area contributed by atoms with Crippen LogP contribution in [-0.4, -0.2) is 38.7 Å². The second-order valence-electron chi connectivity index (χ2n) is 5.14. The summed E-state index contributed by atoms with van der Waals surface area (Å²) >= 11 is 0. The Labute approximate surface area is 118 Å². The van der Waals surface area contributed by atoms with Crippen LogP contribution in [0.3, 0.4) is 0 Å². The zero-order valence-corrected chi connectivity index (χ0v) is 12.8. The van der Waals surface area contributed by atoms with E-state index in [9.17, 15) is 0 Å². The molecule has 1 atom stereocenters. The molecule has 0 saturated heterocycles. The highest BCUT2D eigenvalue weighted by Gasteiger charge is 2.07. The van der Waals surface area contributed by atoms with E-state index in [0.717, 1.165) is 31.9 Å². The van der Waals surface area contributed by atoms with Gasteiger partial charge in [-0.1, -0.05) is 26.0 Å². The maximum absolute atomic E-state index is 5.70. The molecule has 0 aliphatic carbocycles.